The van der Waals surface area contributed by atoms with E-state index in [9.17, 15) is 0 Å². The van der Waals surface area contributed by atoms with Gasteiger partial charge in [-0.1, -0.05) is 30.3 Å². The molecule has 1 atom stereocenters. The number of thiazole rings is 1. The molecule has 1 aromatic heterocycles. The molecule has 124 valence electrons. The predicted molar refractivity (Wildman–Crippen MR) is 101 cm³/mol. The zero-order chi connectivity index (χ0) is 17.1. The van der Waals surface area contributed by atoms with Crippen molar-refractivity contribution in [2.24, 2.45) is 0 Å². The van der Waals surface area contributed by atoms with Gasteiger partial charge in [-0.15, -0.1) is 11.3 Å². The molecule has 1 heterocycles. The highest BCUT2D eigenvalue weighted by molar-refractivity contribution is 7.73. The van der Waals surface area contributed by atoms with Crippen LogP contribution in [0.4, 0.5) is 0 Å². The lowest BCUT2D eigenvalue weighted by Crippen LogP contribution is -2.17. The number of aromatic nitrogens is 1. The second kappa shape index (κ2) is 7.20. The maximum atomic E-state index is 6.11. The summed E-state index contributed by atoms with van der Waals surface area (Å²) in [5, 5.41) is 0. The van der Waals surface area contributed by atoms with Gasteiger partial charge < -0.3 is 9.57 Å². The minimum absolute atomic E-state index is 0.0742. The molecule has 0 fully saturated rings. The van der Waals surface area contributed by atoms with E-state index < -0.39 is 0 Å². The second-order valence-corrected chi connectivity index (χ2v) is 7.11. The Morgan fingerprint density at radius 3 is 2.33 bits per heavy atom. The monoisotopic (exact) mass is 357 g/mol. The van der Waals surface area contributed by atoms with E-state index in [1.807, 2.05) is 56.3 Å². The summed E-state index contributed by atoms with van der Waals surface area (Å²) in [6.07, 6.45) is -0.0742. The fraction of sp³-hybridized carbons (Fsp3) is 0.211. The van der Waals surface area contributed by atoms with Gasteiger partial charge in [0.05, 0.1) is 17.7 Å². The van der Waals surface area contributed by atoms with Crippen molar-refractivity contribution in [1.29, 1.82) is 0 Å². The Kier molecular flexibility index (Phi) is 5.02. The van der Waals surface area contributed by atoms with Gasteiger partial charge >= 0.3 is 0 Å². The minimum Gasteiger partial charge on any atom is -0.497 e. The molecule has 0 bridgehead atoms. The molecule has 3 rings (SSSR count). The molecular formula is C19H19NO2S2. The molecule has 0 amide bonds. The first-order chi connectivity index (χ1) is 11.6. The zero-order valence-corrected chi connectivity index (χ0v) is 15.5. The fourth-order valence-corrected chi connectivity index (χ4v) is 3.86. The molecule has 0 aliphatic heterocycles. The molecule has 0 N–H and O–H groups in total. The number of nitrogens with zero attached hydrogens (tertiary/aromatic N) is 1. The van der Waals surface area contributed by atoms with E-state index >= 15 is 0 Å². The van der Waals surface area contributed by atoms with Crippen LogP contribution in [-0.2, 0) is 0 Å². The van der Waals surface area contributed by atoms with Gasteiger partial charge in [0, 0.05) is 0 Å². The predicted octanol–water partition coefficient (Wildman–Crippen LogP) is 5.45. The van der Waals surface area contributed by atoms with Crippen molar-refractivity contribution >= 4 is 23.6 Å². The van der Waals surface area contributed by atoms with Crippen molar-refractivity contribution in [1.82, 2.24) is 4.73 Å². The van der Waals surface area contributed by atoms with E-state index in [0.29, 0.717) is 3.95 Å². The molecule has 24 heavy (non-hydrogen) atoms. The molecule has 3 nitrogen and oxygen atoms in total. The molecular weight excluding hydrogens is 338 g/mol. The van der Waals surface area contributed by atoms with Crippen LogP contribution in [0.5, 0.6) is 5.75 Å². The van der Waals surface area contributed by atoms with Gasteiger partial charge in [0.2, 0.25) is 0 Å². The first-order valence-electron chi connectivity index (χ1n) is 7.69. The maximum absolute atomic E-state index is 6.11. The molecule has 2 aromatic carbocycles. The normalized spacial score (nSPS) is 12.0. The average Bonchev–Trinajstić information content (AvgIpc) is 2.90. The Bertz CT molecular complexity index is 867. The average molecular weight is 358 g/mol. The summed E-state index contributed by atoms with van der Waals surface area (Å²) in [7, 11) is 1.67. The Morgan fingerprint density at radius 2 is 1.71 bits per heavy atom. The fourth-order valence-electron chi connectivity index (χ4n) is 2.51. The molecule has 0 radical (unpaired) electrons. The summed E-state index contributed by atoms with van der Waals surface area (Å²) in [4.78, 5) is 7.22. The molecule has 0 aliphatic carbocycles. The lowest BCUT2D eigenvalue weighted by atomic mass is 10.1. The van der Waals surface area contributed by atoms with E-state index in [2.05, 4.69) is 12.1 Å². The van der Waals surface area contributed by atoms with Crippen LogP contribution in [-0.4, -0.2) is 11.8 Å². The third-order valence-corrected chi connectivity index (χ3v) is 5.36. The molecule has 0 spiro atoms. The van der Waals surface area contributed by atoms with Gasteiger partial charge in [0.25, 0.3) is 0 Å². The van der Waals surface area contributed by atoms with Crippen molar-refractivity contribution in [2.75, 3.05) is 7.11 Å². The van der Waals surface area contributed by atoms with Crippen LogP contribution in [0, 0.1) is 10.9 Å². The van der Waals surface area contributed by atoms with Crippen molar-refractivity contribution in [3.05, 3.63) is 69.8 Å². The molecule has 0 aliphatic rings. The number of ether oxygens (including phenoxy) is 1. The van der Waals surface area contributed by atoms with Crippen LogP contribution in [0.15, 0.2) is 54.6 Å². The molecule has 0 saturated carbocycles. The molecule has 3 aromatic rings. The van der Waals surface area contributed by atoms with Crippen molar-refractivity contribution in [3.63, 3.8) is 0 Å². The summed E-state index contributed by atoms with van der Waals surface area (Å²) in [5.41, 5.74) is 3.24. The van der Waals surface area contributed by atoms with Gasteiger partial charge in [0.15, 0.2) is 3.95 Å². The highest BCUT2D eigenvalue weighted by Crippen LogP contribution is 2.32. The van der Waals surface area contributed by atoms with Crippen molar-refractivity contribution in [3.8, 4) is 16.2 Å². The van der Waals surface area contributed by atoms with E-state index in [-0.39, 0.29) is 6.10 Å². The third-order valence-electron chi connectivity index (χ3n) is 3.87. The lowest BCUT2D eigenvalue weighted by Gasteiger charge is -2.16. The molecule has 5 heteroatoms. The summed E-state index contributed by atoms with van der Waals surface area (Å²) in [6, 6.07) is 18.1. The second-order valence-electron chi connectivity index (χ2n) is 5.46. The lowest BCUT2D eigenvalue weighted by molar-refractivity contribution is 0.0435. The highest BCUT2D eigenvalue weighted by Gasteiger charge is 2.15. The van der Waals surface area contributed by atoms with Crippen LogP contribution in [0.2, 0.25) is 0 Å². The van der Waals surface area contributed by atoms with Gasteiger partial charge in [-0.3, -0.25) is 0 Å². The number of rotatable bonds is 5. The van der Waals surface area contributed by atoms with Gasteiger partial charge in [-0.25, -0.2) is 0 Å². The largest absolute Gasteiger partial charge is 0.497 e. The Balaban J connectivity index is 1.90. The Labute approximate surface area is 151 Å². The summed E-state index contributed by atoms with van der Waals surface area (Å²) >= 11 is 7.07. The molecule has 1 unspecified atom stereocenters. The van der Waals surface area contributed by atoms with Crippen LogP contribution in [0.3, 0.4) is 0 Å². The van der Waals surface area contributed by atoms with Crippen LogP contribution in [0.1, 0.15) is 24.3 Å². The number of benzene rings is 2. The summed E-state index contributed by atoms with van der Waals surface area (Å²) in [5.74, 6) is 0.841. The molecule has 0 saturated heterocycles. The van der Waals surface area contributed by atoms with E-state index in [1.165, 1.54) is 0 Å². The summed E-state index contributed by atoms with van der Waals surface area (Å²) in [6.45, 7) is 4.06. The Hall–Kier alpha value is -2.11. The quantitative estimate of drug-likeness (QED) is 0.567. The Morgan fingerprint density at radius 1 is 1.04 bits per heavy atom. The van der Waals surface area contributed by atoms with Crippen molar-refractivity contribution in [2.45, 2.75) is 20.0 Å². The van der Waals surface area contributed by atoms with E-state index in [0.717, 1.165) is 27.4 Å². The van der Waals surface area contributed by atoms with Crippen molar-refractivity contribution < 1.29 is 9.57 Å². The minimum atomic E-state index is -0.0742. The smallest absolute Gasteiger partial charge is 0.197 e. The summed E-state index contributed by atoms with van der Waals surface area (Å²) < 4.78 is 7.69. The third kappa shape index (κ3) is 3.37. The first kappa shape index (κ1) is 16.7. The van der Waals surface area contributed by atoms with Crippen LogP contribution >= 0.6 is 23.6 Å². The van der Waals surface area contributed by atoms with E-state index in [4.69, 9.17) is 21.8 Å². The van der Waals surface area contributed by atoms with Gasteiger partial charge in [-0.2, -0.15) is 4.73 Å². The number of hydrogen-bond acceptors (Lipinski definition) is 4. The topological polar surface area (TPSA) is 23.4 Å². The van der Waals surface area contributed by atoms with Gasteiger partial charge in [0.1, 0.15) is 11.9 Å². The number of methoxy groups -OCH3 is 1. The zero-order valence-electron chi connectivity index (χ0n) is 13.9. The van der Waals surface area contributed by atoms with Gasteiger partial charge in [-0.05, 0) is 61.5 Å². The van der Waals surface area contributed by atoms with E-state index in [1.54, 1.807) is 23.2 Å². The first-order valence-corrected chi connectivity index (χ1v) is 8.91. The standard InChI is InChI=1S/C19H19NO2S2/c1-13-18(16-9-11-17(21-3)12-10-16)24-19(23)20(13)22-14(2)15-7-5-4-6-8-15/h4-12,14H,1-3H3. The van der Waals surface area contributed by atoms with Crippen LogP contribution < -0.4 is 9.57 Å². The number of hydrogen-bond donors (Lipinski definition) is 0. The SMILES string of the molecule is COc1ccc(-c2sc(=S)n(OC(C)c3ccccc3)c2C)cc1. The van der Waals surface area contributed by atoms with Crippen LogP contribution in [0.25, 0.3) is 10.4 Å². The maximum Gasteiger partial charge on any atom is 0.197 e. The highest BCUT2D eigenvalue weighted by atomic mass is 32.1.